The van der Waals surface area contributed by atoms with Crippen LogP contribution in [0.5, 0.6) is 5.88 Å². The number of H-pyrrole nitrogens is 1. The molecule has 1 saturated heterocycles. The molecule has 1 aromatic carbocycles. The Morgan fingerprint density at radius 2 is 2.18 bits per heavy atom. The second kappa shape index (κ2) is 6.07. The highest BCUT2D eigenvalue weighted by Crippen LogP contribution is 2.22. The predicted molar refractivity (Wildman–Crippen MR) is 92.6 cm³/mol. The molecule has 0 bridgehead atoms. The summed E-state index contributed by atoms with van der Waals surface area (Å²) >= 11 is 2.15. The number of aromatic nitrogens is 1. The van der Waals surface area contributed by atoms with E-state index in [0.717, 1.165) is 9.99 Å². The molecular weight excluding hydrogens is 397 g/mol. The molecule has 6 nitrogen and oxygen atoms in total. The second-order valence-electron chi connectivity index (χ2n) is 5.20. The first-order chi connectivity index (χ1) is 10.5. The molecule has 1 unspecified atom stereocenters. The Kier molecular flexibility index (Phi) is 4.14. The molecule has 1 fully saturated rings. The number of fused-ring (bicyclic) bond motifs is 1. The molecule has 1 aromatic heterocycles. The summed E-state index contributed by atoms with van der Waals surface area (Å²) in [4.78, 5) is 29.7. The maximum Gasteiger partial charge on any atom is 0.258 e. The van der Waals surface area contributed by atoms with Gasteiger partial charge >= 0.3 is 0 Å². The van der Waals surface area contributed by atoms with Gasteiger partial charge in [-0.15, -0.1) is 0 Å². The van der Waals surface area contributed by atoms with Crippen LogP contribution in [0, 0.1) is 3.57 Å². The Hall–Kier alpha value is -1.90. The summed E-state index contributed by atoms with van der Waals surface area (Å²) in [6, 6.07) is 5.44. The van der Waals surface area contributed by atoms with Crippen LogP contribution in [0.4, 0.5) is 0 Å². The number of benzene rings is 1. The third-order valence-corrected chi connectivity index (χ3v) is 4.31. The molecule has 114 valence electrons. The first-order valence-electron chi connectivity index (χ1n) is 6.88. The summed E-state index contributed by atoms with van der Waals surface area (Å²) in [5.41, 5.74) is 0.154. The number of aromatic hydroxyl groups is 1. The van der Waals surface area contributed by atoms with Gasteiger partial charge in [-0.25, -0.2) is 0 Å². The van der Waals surface area contributed by atoms with Crippen molar-refractivity contribution in [3.05, 3.63) is 37.7 Å². The number of aliphatic imine (C=N–C) groups is 1. The van der Waals surface area contributed by atoms with E-state index >= 15 is 0 Å². The standard InChI is InChI=1S/C15H14IN3O3/c16-8-1-3-10-11(5-8)12(15(22)19-14(10)21)7-17-6-9-2-4-13(20)18-9/h1,3,5,7,9H,2,4,6H2,(H,18,20)(H2,19,21,22). The lowest BCUT2D eigenvalue weighted by atomic mass is 10.1. The number of rotatable bonds is 3. The van der Waals surface area contributed by atoms with E-state index in [9.17, 15) is 14.7 Å². The van der Waals surface area contributed by atoms with Gasteiger partial charge in [0.1, 0.15) is 0 Å². The summed E-state index contributed by atoms with van der Waals surface area (Å²) in [7, 11) is 0. The van der Waals surface area contributed by atoms with Gasteiger partial charge in [-0.05, 0) is 47.2 Å². The largest absolute Gasteiger partial charge is 0.494 e. The van der Waals surface area contributed by atoms with E-state index in [1.54, 1.807) is 12.3 Å². The molecule has 0 spiro atoms. The van der Waals surface area contributed by atoms with E-state index in [1.807, 2.05) is 12.1 Å². The maximum absolute atomic E-state index is 11.9. The molecule has 1 amide bonds. The minimum atomic E-state index is -0.330. The normalized spacial score (nSPS) is 18.2. The Bertz CT molecular complexity index is 829. The van der Waals surface area contributed by atoms with Gasteiger partial charge in [-0.2, -0.15) is 0 Å². The molecule has 1 aliphatic rings. The van der Waals surface area contributed by atoms with Crippen LogP contribution in [0.1, 0.15) is 18.4 Å². The van der Waals surface area contributed by atoms with Gasteiger partial charge in [0.2, 0.25) is 11.8 Å². The zero-order chi connectivity index (χ0) is 15.7. The van der Waals surface area contributed by atoms with Gasteiger partial charge in [0.05, 0.1) is 12.1 Å². The lowest BCUT2D eigenvalue weighted by molar-refractivity contribution is -0.119. The zero-order valence-electron chi connectivity index (χ0n) is 11.6. The van der Waals surface area contributed by atoms with Crippen LogP contribution in [0.25, 0.3) is 10.8 Å². The first kappa shape index (κ1) is 15.0. The van der Waals surface area contributed by atoms with Crippen LogP contribution in [0.3, 0.4) is 0 Å². The molecule has 3 N–H and O–H groups in total. The summed E-state index contributed by atoms with van der Waals surface area (Å²) in [6.07, 6.45) is 2.85. The van der Waals surface area contributed by atoms with Crippen molar-refractivity contribution in [1.29, 1.82) is 0 Å². The van der Waals surface area contributed by atoms with Crippen molar-refractivity contribution >= 4 is 45.5 Å². The molecule has 3 rings (SSSR count). The summed E-state index contributed by atoms with van der Waals surface area (Å²) in [5, 5.41) is 14.0. The quantitative estimate of drug-likeness (QED) is 0.528. The highest BCUT2D eigenvalue weighted by Gasteiger charge is 2.19. The highest BCUT2D eigenvalue weighted by atomic mass is 127. The van der Waals surface area contributed by atoms with Gasteiger partial charge in [0.15, 0.2) is 0 Å². The fourth-order valence-corrected chi connectivity index (χ4v) is 3.01. The van der Waals surface area contributed by atoms with Crippen molar-refractivity contribution in [1.82, 2.24) is 10.3 Å². The minimum Gasteiger partial charge on any atom is -0.494 e. The van der Waals surface area contributed by atoms with Crippen LogP contribution in [-0.2, 0) is 4.79 Å². The lowest BCUT2D eigenvalue weighted by Crippen LogP contribution is -2.27. The Labute approximate surface area is 139 Å². The average Bonchev–Trinajstić information content (AvgIpc) is 2.87. The number of carbonyl (C=O) groups excluding carboxylic acids is 1. The van der Waals surface area contributed by atoms with Crippen LogP contribution in [-0.4, -0.2) is 34.8 Å². The fourth-order valence-electron chi connectivity index (χ4n) is 2.52. The zero-order valence-corrected chi connectivity index (χ0v) is 13.8. The van der Waals surface area contributed by atoms with Crippen molar-refractivity contribution in [3.8, 4) is 5.88 Å². The van der Waals surface area contributed by atoms with E-state index in [1.165, 1.54) is 0 Å². The maximum atomic E-state index is 11.9. The Morgan fingerprint density at radius 3 is 2.91 bits per heavy atom. The van der Waals surface area contributed by atoms with Crippen molar-refractivity contribution in [2.75, 3.05) is 6.54 Å². The molecule has 2 heterocycles. The van der Waals surface area contributed by atoms with E-state index in [2.05, 4.69) is 37.9 Å². The third kappa shape index (κ3) is 2.99. The molecule has 0 radical (unpaired) electrons. The smallest absolute Gasteiger partial charge is 0.258 e. The molecule has 22 heavy (non-hydrogen) atoms. The van der Waals surface area contributed by atoms with Crippen molar-refractivity contribution < 1.29 is 9.90 Å². The predicted octanol–water partition coefficient (Wildman–Crippen LogP) is 1.54. The van der Waals surface area contributed by atoms with Crippen LogP contribution >= 0.6 is 22.6 Å². The molecule has 0 aliphatic carbocycles. The second-order valence-corrected chi connectivity index (χ2v) is 6.45. The number of halogens is 1. The van der Waals surface area contributed by atoms with Crippen molar-refractivity contribution in [2.45, 2.75) is 18.9 Å². The number of nitrogens with zero attached hydrogens (tertiary/aromatic N) is 1. The van der Waals surface area contributed by atoms with Crippen LogP contribution in [0.2, 0.25) is 0 Å². The molecular formula is C15H14IN3O3. The van der Waals surface area contributed by atoms with Gasteiger partial charge in [0.25, 0.3) is 5.56 Å². The SMILES string of the molecule is O=C1CCC(CN=Cc2c(O)[nH]c(=O)c3ccc(I)cc23)N1. The van der Waals surface area contributed by atoms with Crippen molar-refractivity contribution in [2.24, 2.45) is 4.99 Å². The molecule has 2 aromatic rings. The van der Waals surface area contributed by atoms with E-state index in [-0.39, 0.29) is 23.4 Å². The first-order valence-corrected chi connectivity index (χ1v) is 7.96. The molecule has 0 saturated carbocycles. The van der Waals surface area contributed by atoms with Crippen LogP contribution in [0.15, 0.2) is 28.0 Å². The van der Waals surface area contributed by atoms with Gasteiger partial charge in [0, 0.05) is 33.0 Å². The number of hydrogen-bond donors (Lipinski definition) is 3. The number of pyridine rings is 1. The summed E-state index contributed by atoms with van der Waals surface area (Å²) in [6.45, 7) is 0.454. The van der Waals surface area contributed by atoms with E-state index in [0.29, 0.717) is 29.3 Å². The summed E-state index contributed by atoms with van der Waals surface area (Å²) < 4.78 is 0.966. The van der Waals surface area contributed by atoms with Crippen molar-refractivity contribution in [3.63, 3.8) is 0 Å². The van der Waals surface area contributed by atoms with Crippen LogP contribution < -0.4 is 10.9 Å². The topological polar surface area (TPSA) is 94.5 Å². The lowest BCUT2D eigenvalue weighted by Gasteiger charge is -2.07. The van der Waals surface area contributed by atoms with E-state index < -0.39 is 0 Å². The van der Waals surface area contributed by atoms with Gasteiger partial charge in [-0.1, -0.05) is 0 Å². The molecule has 7 heteroatoms. The highest BCUT2D eigenvalue weighted by molar-refractivity contribution is 14.1. The van der Waals surface area contributed by atoms with Gasteiger partial charge < -0.3 is 10.4 Å². The number of aromatic amines is 1. The number of carbonyl (C=O) groups is 1. The fraction of sp³-hybridized carbons (Fsp3) is 0.267. The number of hydrogen-bond acceptors (Lipinski definition) is 4. The number of amides is 1. The number of nitrogens with one attached hydrogen (secondary N) is 2. The summed E-state index contributed by atoms with van der Waals surface area (Å²) in [5.74, 6) is -0.147. The minimum absolute atomic E-state index is 0.0417. The third-order valence-electron chi connectivity index (χ3n) is 3.63. The van der Waals surface area contributed by atoms with Gasteiger partial charge in [-0.3, -0.25) is 19.6 Å². The molecule has 1 aliphatic heterocycles. The monoisotopic (exact) mass is 411 g/mol. The Balaban J connectivity index is 1.94. The van der Waals surface area contributed by atoms with E-state index in [4.69, 9.17) is 0 Å². The molecule has 1 atom stereocenters. The Morgan fingerprint density at radius 1 is 1.36 bits per heavy atom. The average molecular weight is 411 g/mol.